The summed E-state index contributed by atoms with van der Waals surface area (Å²) >= 11 is 7.72. The second kappa shape index (κ2) is 20.6. The van der Waals surface area contributed by atoms with Crippen molar-refractivity contribution in [3.8, 4) is 17.2 Å². The first-order chi connectivity index (χ1) is 29.7. The first-order valence-corrected chi connectivity index (χ1v) is 22.2. The van der Waals surface area contributed by atoms with Gasteiger partial charge in [-0.1, -0.05) is 116 Å². The summed E-state index contributed by atoms with van der Waals surface area (Å²) in [5.41, 5.74) is 2.62. The van der Waals surface area contributed by atoms with Crippen molar-refractivity contribution in [1.29, 1.82) is 0 Å². The highest BCUT2D eigenvalue weighted by molar-refractivity contribution is 7.98. The van der Waals surface area contributed by atoms with Gasteiger partial charge in [-0.05, 0) is 88.5 Å². The van der Waals surface area contributed by atoms with Crippen molar-refractivity contribution in [1.82, 2.24) is 20.2 Å². The maximum absolute atomic E-state index is 14.0. The lowest BCUT2D eigenvalue weighted by molar-refractivity contribution is -0.384. The van der Waals surface area contributed by atoms with E-state index in [1.54, 1.807) is 26.8 Å². The first-order valence-electron chi connectivity index (χ1n) is 20.9. The van der Waals surface area contributed by atoms with Crippen LogP contribution in [0.3, 0.4) is 0 Å². The summed E-state index contributed by atoms with van der Waals surface area (Å²) in [6, 6.07) is 24.1. The van der Waals surface area contributed by atoms with Gasteiger partial charge < -0.3 is 20.1 Å². The van der Waals surface area contributed by atoms with Crippen LogP contribution in [0.25, 0.3) is 5.69 Å². The Morgan fingerprint density at radius 3 is 2.24 bits per heavy atom. The summed E-state index contributed by atoms with van der Waals surface area (Å²) in [6.45, 7) is 18.5. The Kier molecular flexibility index (Phi) is 15.8. The maximum Gasteiger partial charge on any atom is 0.273 e. The van der Waals surface area contributed by atoms with Crippen LogP contribution in [-0.4, -0.2) is 55.4 Å². The SMILES string of the molecule is CCC(C)(C)c1ccc(OCCCC(=O)Nc2ccc(Cl)c(NC(=O)[C@@H](Oc3ccc([N+](=O)[O-])cc3CSc3nnnn3-c3ccccc3)C(=O)C(C)(C)C)c2)c(C(C)(C)CC)c1. The molecule has 1 aromatic heterocycles. The highest BCUT2D eigenvalue weighted by Gasteiger charge is 2.38. The number of hydrogen-bond donors (Lipinski definition) is 2. The molecule has 0 aliphatic rings. The number of tetrazole rings is 1. The Labute approximate surface area is 378 Å². The van der Waals surface area contributed by atoms with Crippen LogP contribution in [0.15, 0.2) is 90.1 Å². The lowest BCUT2D eigenvalue weighted by Gasteiger charge is -2.30. The van der Waals surface area contributed by atoms with E-state index >= 15 is 0 Å². The van der Waals surface area contributed by atoms with E-state index in [0.717, 1.165) is 24.2 Å². The average Bonchev–Trinajstić information content (AvgIpc) is 3.73. The van der Waals surface area contributed by atoms with E-state index in [1.807, 2.05) is 36.4 Å². The van der Waals surface area contributed by atoms with Gasteiger partial charge >= 0.3 is 0 Å². The van der Waals surface area contributed by atoms with Gasteiger partial charge in [0.05, 0.1) is 27.9 Å². The molecule has 5 rings (SSSR count). The highest BCUT2D eigenvalue weighted by atomic mass is 35.5. The van der Waals surface area contributed by atoms with Crippen molar-refractivity contribution >= 4 is 58.0 Å². The van der Waals surface area contributed by atoms with Gasteiger partial charge in [0.15, 0.2) is 5.78 Å². The summed E-state index contributed by atoms with van der Waals surface area (Å²) in [5, 5.41) is 29.9. The molecule has 0 spiro atoms. The van der Waals surface area contributed by atoms with Crippen molar-refractivity contribution in [3.63, 3.8) is 0 Å². The molecule has 4 aromatic carbocycles. The number of halogens is 1. The molecule has 0 unspecified atom stereocenters. The van der Waals surface area contributed by atoms with Crippen molar-refractivity contribution in [2.24, 2.45) is 5.41 Å². The Bertz CT molecular complexity index is 2430. The third kappa shape index (κ3) is 12.4. The number of ketones is 1. The zero-order chi connectivity index (χ0) is 46.1. The number of nitrogens with zero attached hydrogens (tertiary/aromatic N) is 5. The average molecular weight is 899 g/mol. The Balaban J connectivity index is 1.28. The van der Waals surface area contributed by atoms with E-state index in [1.165, 1.54) is 52.3 Å². The number of nitro benzene ring substituents is 1. The second-order valence-electron chi connectivity index (χ2n) is 17.5. The van der Waals surface area contributed by atoms with Gasteiger partial charge in [-0.25, -0.2) is 0 Å². The minimum atomic E-state index is -1.70. The molecule has 2 amide bonds. The molecule has 334 valence electrons. The molecule has 0 fully saturated rings. The summed E-state index contributed by atoms with van der Waals surface area (Å²) in [5.74, 6) is -0.682. The summed E-state index contributed by atoms with van der Waals surface area (Å²) in [6.07, 6.45) is 0.876. The fraction of sp³-hybridized carbons (Fsp3) is 0.404. The maximum atomic E-state index is 14.0. The molecular formula is C47H56ClN7O7S. The van der Waals surface area contributed by atoms with Crippen LogP contribution < -0.4 is 20.1 Å². The van der Waals surface area contributed by atoms with Gasteiger partial charge in [0.1, 0.15) is 11.5 Å². The topological polar surface area (TPSA) is 180 Å². The van der Waals surface area contributed by atoms with E-state index in [9.17, 15) is 24.5 Å². The number of non-ortho nitro benzene ring substituents is 1. The summed E-state index contributed by atoms with van der Waals surface area (Å²) in [7, 11) is 0. The third-order valence-corrected chi connectivity index (χ3v) is 12.4. The molecular weight excluding hydrogens is 842 g/mol. The molecule has 1 heterocycles. The van der Waals surface area contributed by atoms with Gasteiger partial charge in [0, 0.05) is 46.5 Å². The lowest BCUT2D eigenvalue weighted by atomic mass is 9.76. The minimum absolute atomic E-state index is 0.0322. The molecule has 5 aromatic rings. The van der Waals surface area contributed by atoms with E-state index < -0.39 is 28.1 Å². The van der Waals surface area contributed by atoms with Gasteiger partial charge in [-0.15, -0.1) is 5.10 Å². The predicted molar refractivity (Wildman–Crippen MR) is 247 cm³/mol. The van der Waals surface area contributed by atoms with Gasteiger partial charge in [-0.3, -0.25) is 24.5 Å². The quantitative estimate of drug-likeness (QED) is 0.0249. The highest BCUT2D eigenvalue weighted by Crippen LogP contribution is 2.39. The van der Waals surface area contributed by atoms with E-state index in [2.05, 4.69) is 79.8 Å². The predicted octanol–water partition coefficient (Wildman–Crippen LogP) is 10.7. The Hall–Kier alpha value is -5.80. The van der Waals surface area contributed by atoms with Crippen LogP contribution in [0, 0.1) is 15.5 Å². The normalized spacial score (nSPS) is 12.3. The molecule has 16 heteroatoms. The number of Topliss-reactive ketones (excluding diaryl/α,β-unsaturated/α-hetero) is 1. The number of rotatable bonds is 20. The van der Waals surface area contributed by atoms with E-state index in [4.69, 9.17) is 21.1 Å². The molecule has 0 aliphatic carbocycles. The number of nitrogens with one attached hydrogen (secondary N) is 2. The number of aromatic nitrogens is 4. The third-order valence-electron chi connectivity index (χ3n) is 11.1. The van der Waals surface area contributed by atoms with Crippen LogP contribution in [-0.2, 0) is 31.0 Å². The second-order valence-corrected chi connectivity index (χ2v) is 18.9. The number of hydrogen-bond acceptors (Lipinski definition) is 11. The Morgan fingerprint density at radius 1 is 0.873 bits per heavy atom. The van der Waals surface area contributed by atoms with Crippen LogP contribution in [0.2, 0.25) is 5.02 Å². The molecule has 63 heavy (non-hydrogen) atoms. The number of amides is 2. The van der Waals surface area contributed by atoms with Crippen molar-refractivity contribution in [3.05, 3.63) is 117 Å². The smallest absolute Gasteiger partial charge is 0.273 e. The van der Waals surface area contributed by atoms with Crippen molar-refractivity contribution < 1.29 is 28.8 Å². The van der Waals surface area contributed by atoms with Gasteiger partial charge in [-0.2, -0.15) is 4.68 Å². The number of benzene rings is 4. The lowest BCUT2D eigenvalue weighted by Crippen LogP contribution is -2.45. The zero-order valence-electron chi connectivity index (χ0n) is 37.3. The standard InChI is InChI=1S/C47H56ClN7O7S/c1-10-46(6,7)31-19-23-39(35(27-31)47(8,9)11-2)61-25-15-18-40(56)49-32-20-22-36(48)37(28-32)50-43(58)41(42(57)45(3,4)5)62-38-24-21-34(55(59)60)26-30(38)29-63-44-51-52-53-54(44)33-16-13-12-14-17-33/h12-14,16-17,19-24,26-28,41H,10-11,15,18,25,29H2,1-9H3,(H,49,56)(H,50,58)/t41-/m0/s1. The number of para-hydroxylation sites is 1. The van der Waals surface area contributed by atoms with Crippen LogP contribution >= 0.6 is 23.4 Å². The molecule has 0 aliphatic heterocycles. The number of carbonyl (C=O) groups is 3. The summed E-state index contributed by atoms with van der Waals surface area (Å²) < 4.78 is 14.0. The number of nitro groups is 1. The molecule has 2 N–H and O–H groups in total. The monoisotopic (exact) mass is 897 g/mol. The van der Waals surface area contributed by atoms with Gasteiger partial charge in [0.2, 0.25) is 17.2 Å². The molecule has 0 bridgehead atoms. The number of anilines is 2. The van der Waals surface area contributed by atoms with Crippen LogP contribution in [0.1, 0.15) is 105 Å². The van der Waals surface area contributed by atoms with Crippen molar-refractivity contribution in [2.45, 2.75) is 116 Å². The number of ether oxygens (including phenoxy) is 2. The molecule has 0 radical (unpaired) electrons. The largest absolute Gasteiger partial charge is 0.493 e. The van der Waals surface area contributed by atoms with E-state index in [-0.39, 0.29) is 51.1 Å². The fourth-order valence-corrected chi connectivity index (χ4v) is 7.37. The molecule has 0 saturated heterocycles. The minimum Gasteiger partial charge on any atom is -0.493 e. The number of thioether (sulfide) groups is 1. The molecule has 14 nitrogen and oxygen atoms in total. The molecule has 1 atom stereocenters. The Morgan fingerprint density at radius 2 is 1.57 bits per heavy atom. The summed E-state index contributed by atoms with van der Waals surface area (Å²) in [4.78, 5) is 52.3. The van der Waals surface area contributed by atoms with Crippen molar-refractivity contribution in [2.75, 3.05) is 17.2 Å². The van der Waals surface area contributed by atoms with E-state index in [0.29, 0.717) is 35.1 Å². The zero-order valence-corrected chi connectivity index (χ0v) is 38.9. The van der Waals surface area contributed by atoms with Crippen LogP contribution in [0.4, 0.5) is 17.1 Å². The fourth-order valence-electron chi connectivity index (χ4n) is 6.33. The molecule has 0 saturated carbocycles. The van der Waals surface area contributed by atoms with Crippen LogP contribution in [0.5, 0.6) is 11.5 Å². The number of carbonyl (C=O) groups excluding carboxylic acids is 3. The van der Waals surface area contributed by atoms with Gasteiger partial charge in [0.25, 0.3) is 11.6 Å². The first kappa shape index (κ1) is 48.2.